The van der Waals surface area contributed by atoms with Gasteiger partial charge in [-0.15, -0.1) is 0 Å². The van der Waals surface area contributed by atoms with Crippen molar-refractivity contribution < 1.29 is 19.1 Å². The average molecular weight is 448 g/mol. The Hall–Kier alpha value is -2.54. The van der Waals surface area contributed by atoms with E-state index in [1.54, 1.807) is 11.0 Å². The molecule has 0 saturated carbocycles. The van der Waals surface area contributed by atoms with Crippen molar-refractivity contribution in [3.05, 3.63) is 40.5 Å². The van der Waals surface area contributed by atoms with Gasteiger partial charge in [0.05, 0.1) is 16.4 Å². The Bertz CT molecular complexity index is 986. The molecular formula is C23H30ClN3O4. The van der Waals surface area contributed by atoms with Crippen molar-refractivity contribution in [3.63, 3.8) is 0 Å². The quantitative estimate of drug-likeness (QED) is 0.591. The van der Waals surface area contributed by atoms with E-state index in [1.807, 2.05) is 59.7 Å². The summed E-state index contributed by atoms with van der Waals surface area (Å²) in [4.78, 5) is 27.2. The van der Waals surface area contributed by atoms with Crippen LogP contribution in [0.4, 0.5) is 9.59 Å². The minimum absolute atomic E-state index is 0.367. The van der Waals surface area contributed by atoms with E-state index in [-0.39, 0.29) is 6.09 Å². The molecule has 8 heteroatoms. The van der Waals surface area contributed by atoms with Crippen molar-refractivity contribution >= 4 is 23.8 Å². The van der Waals surface area contributed by atoms with Crippen LogP contribution in [0.3, 0.4) is 0 Å². The molecule has 1 aliphatic rings. The number of halogens is 1. The number of hydrogen-bond donors (Lipinski definition) is 0. The van der Waals surface area contributed by atoms with Gasteiger partial charge in [-0.2, -0.15) is 9.78 Å². The average Bonchev–Trinajstić information content (AvgIpc) is 2.83. The predicted molar refractivity (Wildman–Crippen MR) is 120 cm³/mol. The molecule has 0 unspecified atom stereocenters. The fourth-order valence-electron chi connectivity index (χ4n) is 3.44. The number of hydrogen-bond acceptors (Lipinski definition) is 5. The second-order valence-corrected chi connectivity index (χ2v) is 10.0. The first-order valence-corrected chi connectivity index (χ1v) is 10.8. The molecule has 0 N–H and O–H groups in total. The lowest BCUT2D eigenvalue weighted by Gasteiger charge is -2.26. The van der Waals surface area contributed by atoms with Crippen molar-refractivity contribution in [1.82, 2.24) is 14.7 Å². The smallest absolute Gasteiger partial charge is 0.435 e. The molecule has 3 rings (SSSR count). The maximum atomic E-state index is 12.9. The topological polar surface area (TPSA) is 73.7 Å². The number of benzene rings is 1. The molecule has 1 aliphatic heterocycles. The standard InChI is InChI=1S/C23H30ClN3O4/c1-22(2,3)30-20(28)26-13-11-16-18(12-14-26)27(21(29)31-23(4,5)6)25-19(16)15-9-7-8-10-17(15)24/h7-10H,11-14H2,1-6H3. The Labute approximate surface area is 188 Å². The molecular weight excluding hydrogens is 418 g/mol. The number of amides is 1. The SMILES string of the molecule is CC(C)(C)OC(=O)N1CCc2c(-c3ccccc3Cl)nn(C(=O)OC(C)(C)C)c2CC1. The lowest BCUT2D eigenvalue weighted by molar-refractivity contribution is 0.0258. The van der Waals surface area contributed by atoms with Gasteiger partial charge in [-0.1, -0.05) is 29.8 Å². The molecule has 0 fully saturated rings. The van der Waals surface area contributed by atoms with Crippen LogP contribution in [0.1, 0.15) is 52.8 Å². The minimum atomic E-state index is -0.659. The van der Waals surface area contributed by atoms with Crippen molar-refractivity contribution in [2.75, 3.05) is 13.1 Å². The number of nitrogens with zero attached hydrogens (tertiary/aromatic N) is 3. The highest BCUT2D eigenvalue weighted by atomic mass is 35.5. The molecule has 1 aromatic heterocycles. The third kappa shape index (κ3) is 5.58. The first-order chi connectivity index (χ1) is 14.4. The lowest BCUT2D eigenvalue weighted by Crippen LogP contribution is -2.38. The summed E-state index contributed by atoms with van der Waals surface area (Å²) in [6, 6.07) is 7.39. The fourth-order valence-corrected chi connectivity index (χ4v) is 3.66. The first-order valence-electron chi connectivity index (χ1n) is 10.4. The summed E-state index contributed by atoms with van der Waals surface area (Å²) in [5.74, 6) is 0. The molecule has 0 atom stereocenters. The Kier molecular flexibility index (Phi) is 6.37. The van der Waals surface area contributed by atoms with Gasteiger partial charge in [-0.3, -0.25) is 0 Å². The van der Waals surface area contributed by atoms with Crippen LogP contribution in [-0.2, 0) is 22.3 Å². The highest BCUT2D eigenvalue weighted by Crippen LogP contribution is 2.33. The zero-order valence-electron chi connectivity index (χ0n) is 19.0. The van der Waals surface area contributed by atoms with Crippen LogP contribution in [0, 0.1) is 0 Å². The van der Waals surface area contributed by atoms with Crippen molar-refractivity contribution in [2.24, 2.45) is 0 Å². The number of carbonyl (C=O) groups excluding carboxylic acids is 2. The van der Waals surface area contributed by atoms with E-state index in [9.17, 15) is 9.59 Å². The predicted octanol–water partition coefficient (Wildman–Crippen LogP) is 5.32. The number of fused-ring (bicyclic) bond motifs is 1. The monoisotopic (exact) mass is 447 g/mol. The van der Waals surface area contributed by atoms with Crippen LogP contribution in [0.25, 0.3) is 11.3 Å². The largest absolute Gasteiger partial charge is 0.444 e. The molecule has 0 bridgehead atoms. The molecule has 1 aromatic carbocycles. The van der Waals surface area contributed by atoms with Gasteiger partial charge in [0.25, 0.3) is 0 Å². The van der Waals surface area contributed by atoms with Gasteiger partial charge in [0, 0.05) is 30.6 Å². The fraction of sp³-hybridized carbons (Fsp3) is 0.522. The molecule has 0 spiro atoms. The number of rotatable bonds is 1. The summed E-state index contributed by atoms with van der Waals surface area (Å²) in [6.45, 7) is 11.8. The lowest BCUT2D eigenvalue weighted by atomic mass is 10.0. The van der Waals surface area contributed by atoms with E-state index in [2.05, 4.69) is 5.10 Å². The van der Waals surface area contributed by atoms with Crippen molar-refractivity contribution in [2.45, 2.75) is 65.6 Å². The summed E-state index contributed by atoms with van der Waals surface area (Å²) >= 11 is 6.44. The molecule has 2 aromatic rings. The Morgan fingerprint density at radius 2 is 1.52 bits per heavy atom. The summed E-state index contributed by atoms with van der Waals surface area (Å²) < 4.78 is 12.4. The van der Waals surface area contributed by atoms with Crippen LogP contribution in [0.2, 0.25) is 5.02 Å². The first kappa shape index (κ1) is 23.1. The van der Waals surface area contributed by atoms with Gasteiger partial charge >= 0.3 is 12.2 Å². The van der Waals surface area contributed by atoms with E-state index in [0.29, 0.717) is 36.6 Å². The number of carbonyl (C=O) groups is 2. The van der Waals surface area contributed by atoms with Crippen LogP contribution >= 0.6 is 11.6 Å². The van der Waals surface area contributed by atoms with Gasteiger partial charge in [-0.25, -0.2) is 9.59 Å². The summed E-state index contributed by atoms with van der Waals surface area (Å²) in [5, 5.41) is 5.15. The van der Waals surface area contributed by atoms with Gasteiger partial charge in [0.1, 0.15) is 11.2 Å². The Morgan fingerprint density at radius 1 is 0.935 bits per heavy atom. The molecule has 1 amide bonds. The van der Waals surface area contributed by atoms with Gasteiger partial charge < -0.3 is 14.4 Å². The molecule has 0 saturated heterocycles. The molecule has 0 aliphatic carbocycles. The normalized spacial score (nSPS) is 14.6. The Balaban J connectivity index is 2.00. The summed E-state index contributed by atoms with van der Waals surface area (Å²) in [7, 11) is 0. The number of ether oxygens (including phenoxy) is 2. The van der Waals surface area contributed by atoms with Crippen molar-refractivity contribution in [3.8, 4) is 11.3 Å². The molecule has 168 valence electrons. The highest BCUT2D eigenvalue weighted by Gasteiger charge is 2.31. The van der Waals surface area contributed by atoms with E-state index in [0.717, 1.165) is 16.8 Å². The van der Waals surface area contributed by atoms with E-state index in [1.165, 1.54) is 4.68 Å². The van der Waals surface area contributed by atoms with Gasteiger partial charge in [0.15, 0.2) is 0 Å². The van der Waals surface area contributed by atoms with E-state index < -0.39 is 17.3 Å². The summed E-state index contributed by atoms with van der Waals surface area (Å²) in [5.41, 5.74) is 1.77. The molecule has 7 nitrogen and oxygen atoms in total. The van der Waals surface area contributed by atoms with Gasteiger partial charge in [0.2, 0.25) is 0 Å². The second kappa shape index (κ2) is 8.54. The zero-order chi connectivity index (χ0) is 23.0. The molecule has 2 heterocycles. The maximum Gasteiger partial charge on any atom is 0.435 e. The van der Waals surface area contributed by atoms with E-state index in [4.69, 9.17) is 21.1 Å². The van der Waals surface area contributed by atoms with Gasteiger partial charge in [-0.05, 0) is 54.0 Å². The highest BCUT2D eigenvalue weighted by molar-refractivity contribution is 6.33. The van der Waals surface area contributed by atoms with Crippen LogP contribution in [0.15, 0.2) is 24.3 Å². The van der Waals surface area contributed by atoms with E-state index >= 15 is 0 Å². The summed E-state index contributed by atoms with van der Waals surface area (Å²) in [6.07, 6.45) is 0.0601. The van der Waals surface area contributed by atoms with Crippen LogP contribution in [0.5, 0.6) is 0 Å². The molecule has 31 heavy (non-hydrogen) atoms. The van der Waals surface area contributed by atoms with Crippen molar-refractivity contribution in [1.29, 1.82) is 0 Å². The molecule has 0 radical (unpaired) electrons. The zero-order valence-corrected chi connectivity index (χ0v) is 19.7. The minimum Gasteiger partial charge on any atom is -0.444 e. The second-order valence-electron chi connectivity index (χ2n) is 9.61. The van der Waals surface area contributed by atoms with Crippen LogP contribution in [-0.4, -0.2) is 51.2 Å². The number of aromatic nitrogens is 2. The third-order valence-electron chi connectivity index (χ3n) is 4.69. The maximum absolute atomic E-state index is 12.9. The third-order valence-corrected chi connectivity index (χ3v) is 5.02. The Morgan fingerprint density at radius 3 is 2.13 bits per heavy atom. The van der Waals surface area contributed by atoms with Crippen LogP contribution < -0.4 is 0 Å².